The Labute approximate surface area is 118 Å². The molecule has 116 valence electrons. The fourth-order valence-corrected chi connectivity index (χ4v) is 2.17. The Balaban J connectivity index is 2.46. The summed E-state index contributed by atoms with van der Waals surface area (Å²) in [6, 6.07) is -1.46. The summed E-state index contributed by atoms with van der Waals surface area (Å²) in [5.74, 6) is -1.14. The van der Waals surface area contributed by atoms with Crippen molar-refractivity contribution in [2.75, 3.05) is 26.3 Å². The van der Waals surface area contributed by atoms with Crippen LogP contribution in [0, 0.1) is 0 Å². The van der Waals surface area contributed by atoms with Crippen molar-refractivity contribution in [3.63, 3.8) is 0 Å². The summed E-state index contributed by atoms with van der Waals surface area (Å²) < 4.78 is 5.63. The molecule has 1 saturated heterocycles. The highest BCUT2D eigenvalue weighted by molar-refractivity contribution is 5.82. The van der Waals surface area contributed by atoms with E-state index in [-0.39, 0.29) is 19.1 Å². The van der Waals surface area contributed by atoms with E-state index in [9.17, 15) is 9.59 Å². The topological polar surface area (TPSA) is 99.1 Å². The van der Waals surface area contributed by atoms with Gasteiger partial charge in [0.2, 0.25) is 0 Å². The van der Waals surface area contributed by atoms with Crippen molar-refractivity contribution in [1.82, 2.24) is 10.2 Å². The lowest BCUT2D eigenvalue weighted by Gasteiger charge is -2.33. The Kier molecular flexibility index (Phi) is 7.32. The highest BCUT2D eigenvalue weighted by Crippen LogP contribution is 2.13. The van der Waals surface area contributed by atoms with E-state index in [1.165, 1.54) is 0 Å². The number of likely N-dealkylation sites (tertiary alicyclic amines) is 1. The SMILES string of the molecule is CCCOC1CCCN(C(=O)N[C@H](CCO)C(=O)O)C1. The van der Waals surface area contributed by atoms with Gasteiger partial charge in [-0.3, -0.25) is 0 Å². The average Bonchev–Trinajstić information content (AvgIpc) is 2.44. The molecular weight excluding hydrogens is 264 g/mol. The predicted molar refractivity (Wildman–Crippen MR) is 72.5 cm³/mol. The Morgan fingerprint density at radius 1 is 1.50 bits per heavy atom. The minimum Gasteiger partial charge on any atom is -0.480 e. The van der Waals surface area contributed by atoms with Crippen LogP contribution in [0.5, 0.6) is 0 Å². The Bertz CT molecular complexity index is 324. The highest BCUT2D eigenvalue weighted by atomic mass is 16.5. The van der Waals surface area contributed by atoms with Crippen LogP contribution < -0.4 is 5.32 Å². The third kappa shape index (κ3) is 5.34. The van der Waals surface area contributed by atoms with Gasteiger partial charge >= 0.3 is 12.0 Å². The molecular formula is C13H24N2O5. The van der Waals surface area contributed by atoms with Gasteiger partial charge in [0.05, 0.1) is 6.10 Å². The zero-order valence-corrected chi connectivity index (χ0v) is 11.9. The van der Waals surface area contributed by atoms with Gasteiger partial charge in [-0.15, -0.1) is 0 Å². The Morgan fingerprint density at radius 3 is 2.85 bits per heavy atom. The van der Waals surface area contributed by atoms with Crippen LogP contribution in [0.4, 0.5) is 4.79 Å². The van der Waals surface area contributed by atoms with Crippen molar-refractivity contribution in [3.8, 4) is 0 Å². The molecule has 7 nitrogen and oxygen atoms in total. The molecule has 1 fully saturated rings. The van der Waals surface area contributed by atoms with Crippen molar-refractivity contribution in [2.45, 2.75) is 44.8 Å². The number of aliphatic hydroxyl groups excluding tert-OH is 1. The molecule has 0 aromatic heterocycles. The van der Waals surface area contributed by atoms with E-state index < -0.39 is 18.0 Å². The van der Waals surface area contributed by atoms with Gasteiger partial charge in [0.1, 0.15) is 6.04 Å². The molecule has 0 spiro atoms. The molecule has 7 heteroatoms. The zero-order valence-electron chi connectivity index (χ0n) is 11.9. The van der Waals surface area contributed by atoms with E-state index in [1.54, 1.807) is 4.90 Å². The van der Waals surface area contributed by atoms with Gasteiger partial charge in [-0.05, 0) is 19.3 Å². The molecule has 0 aliphatic carbocycles. The number of carboxylic acids is 1. The Morgan fingerprint density at radius 2 is 2.25 bits per heavy atom. The minimum atomic E-state index is -1.14. The number of ether oxygens (including phenoxy) is 1. The van der Waals surface area contributed by atoms with Crippen molar-refractivity contribution in [3.05, 3.63) is 0 Å². The second-order valence-electron chi connectivity index (χ2n) is 4.93. The molecule has 3 N–H and O–H groups in total. The number of urea groups is 1. The van der Waals surface area contributed by atoms with E-state index in [0.29, 0.717) is 19.7 Å². The number of piperidine rings is 1. The van der Waals surface area contributed by atoms with Crippen LogP contribution in [0.15, 0.2) is 0 Å². The van der Waals surface area contributed by atoms with Gasteiger partial charge in [-0.1, -0.05) is 6.92 Å². The molecule has 0 aromatic carbocycles. The zero-order chi connectivity index (χ0) is 15.0. The number of nitrogens with one attached hydrogen (secondary N) is 1. The summed E-state index contributed by atoms with van der Waals surface area (Å²) in [5, 5.41) is 20.2. The van der Waals surface area contributed by atoms with E-state index in [4.69, 9.17) is 14.9 Å². The van der Waals surface area contributed by atoms with Crippen molar-refractivity contribution < 1.29 is 24.5 Å². The molecule has 2 atom stereocenters. The molecule has 2 amide bonds. The fraction of sp³-hybridized carbons (Fsp3) is 0.846. The number of hydrogen-bond acceptors (Lipinski definition) is 4. The smallest absolute Gasteiger partial charge is 0.326 e. The predicted octanol–water partition coefficient (Wildman–Crippen LogP) is 0.423. The van der Waals surface area contributed by atoms with Crippen molar-refractivity contribution >= 4 is 12.0 Å². The molecule has 1 aliphatic rings. The second-order valence-corrected chi connectivity index (χ2v) is 4.93. The fourth-order valence-electron chi connectivity index (χ4n) is 2.17. The van der Waals surface area contributed by atoms with Gasteiger partial charge in [0.25, 0.3) is 0 Å². The van der Waals surface area contributed by atoms with E-state index in [0.717, 1.165) is 19.3 Å². The average molecular weight is 288 g/mol. The normalized spacial score (nSPS) is 20.5. The van der Waals surface area contributed by atoms with Crippen LogP contribution in [0.3, 0.4) is 0 Å². The van der Waals surface area contributed by atoms with Crippen LogP contribution in [0.1, 0.15) is 32.6 Å². The minimum absolute atomic E-state index is 0.00464. The van der Waals surface area contributed by atoms with Crippen LogP contribution in [0.25, 0.3) is 0 Å². The second kappa shape index (κ2) is 8.76. The first-order valence-electron chi connectivity index (χ1n) is 7.09. The molecule has 1 aliphatic heterocycles. The van der Waals surface area contributed by atoms with E-state index in [1.807, 2.05) is 6.92 Å². The third-order valence-corrected chi connectivity index (χ3v) is 3.24. The van der Waals surface area contributed by atoms with Crippen molar-refractivity contribution in [2.24, 2.45) is 0 Å². The molecule has 0 bridgehead atoms. The van der Waals surface area contributed by atoms with Crippen LogP contribution in [-0.2, 0) is 9.53 Å². The largest absolute Gasteiger partial charge is 0.480 e. The lowest BCUT2D eigenvalue weighted by Crippen LogP contribution is -2.52. The summed E-state index contributed by atoms with van der Waals surface area (Å²) in [6.45, 7) is 3.50. The molecule has 0 saturated carbocycles. The molecule has 0 aromatic rings. The van der Waals surface area contributed by atoms with Gasteiger partial charge in [0, 0.05) is 32.7 Å². The number of carbonyl (C=O) groups is 2. The van der Waals surface area contributed by atoms with Crippen LogP contribution in [-0.4, -0.2) is 65.6 Å². The summed E-state index contributed by atoms with van der Waals surface area (Å²) in [4.78, 5) is 24.5. The number of amides is 2. The van der Waals surface area contributed by atoms with Gasteiger partial charge < -0.3 is 25.2 Å². The molecule has 0 radical (unpaired) electrons. The number of nitrogens with zero attached hydrogens (tertiary/aromatic N) is 1. The number of hydrogen-bond donors (Lipinski definition) is 3. The van der Waals surface area contributed by atoms with Crippen LogP contribution in [0.2, 0.25) is 0 Å². The first-order valence-corrected chi connectivity index (χ1v) is 7.09. The highest BCUT2D eigenvalue weighted by Gasteiger charge is 2.27. The summed E-state index contributed by atoms with van der Waals surface area (Å²) in [7, 11) is 0. The van der Waals surface area contributed by atoms with Gasteiger partial charge in [0.15, 0.2) is 0 Å². The third-order valence-electron chi connectivity index (χ3n) is 3.24. The lowest BCUT2D eigenvalue weighted by molar-refractivity contribution is -0.139. The maximum Gasteiger partial charge on any atom is 0.326 e. The lowest BCUT2D eigenvalue weighted by atomic mass is 10.1. The van der Waals surface area contributed by atoms with Crippen molar-refractivity contribution in [1.29, 1.82) is 0 Å². The maximum absolute atomic E-state index is 12.0. The van der Waals surface area contributed by atoms with Gasteiger partial charge in [-0.2, -0.15) is 0 Å². The maximum atomic E-state index is 12.0. The first-order chi connectivity index (χ1) is 9.58. The molecule has 20 heavy (non-hydrogen) atoms. The standard InChI is InChI=1S/C13H24N2O5/c1-2-8-20-10-4-3-6-15(9-10)13(19)14-11(5-7-16)12(17)18/h10-11,16H,2-9H2,1H3,(H,14,19)(H,17,18)/t10?,11-/m1/s1. The number of carbonyl (C=O) groups excluding carboxylic acids is 1. The molecule has 1 heterocycles. The number of carboxylic acid groups (broad SMARTS) is 1. The summed E-state index contributed by atoms with van der Waals surface area (Å²) in [6.07, 6.45) is 2.73. The number of rotatable bonds is 7. The monoisotopic (exact) mass is 288 g/mol. The number of aliphatic hydroxyl groups is 1. The quantitative estimate of drug-likeness (QED) is 0.630. The molecule has 1 rings (SSSR count). The van der Waals surface area contributed by atoms with Crippen LogP contribution >= 0.6 is 0 Å². The van der Waals surface area contributed by atoms with Gasteiger partial charge in [-0.25, -0.2) is 9.59 Å². The van der Waals surface area contributed by atoms with E-state index in [2.05, 4.69) is 5.32 Å². The summed E-state index contributed by atoms with van der Waals surface area (Å²) in [5.41, 5.74) is 0. The Hall–Kier alpha value is -1.34. The number of aliphatic carboxylic acids is 1. The van der Waals surface area contributed by atoms with E-state index >= 15 is 0 Å². The first kappa shape index (κ1) is 16.7. The summed E-state index contributed by atoms with van der Waals surface area (Å²) >= 11 is 0. The molecule has 1 unspecified atom stereocenters.